The van der Waals surface area contributed by atoms with Crippen molar-refractivity contribution in [3.8, 4) is 43.8 Å². The predicted octanol–water partition coefficient (Wildman–Crippen LogP) is -0.955. The van der Waals surface area contributed by atoms with Crippen LogP contribution in [0.1, 0.15) is 62.9 Å². The molecule has 4 saturated heterocycles. The zero-order valence-corrected chi connectivity index (χ0v) is 53.4. The Kier molecular flexibility index (Phi) is 23.4. The van der Waals surface area contributed by atoms with Gasteiger partial charge in [-0.05, 0) is 73.9 Å². The highest BCUT2D eigenvalue weighted by atomic mass is 32.2. The third kappa shape index (κ3) is 17.3. The number of amides is 8. The van der Waals surface area contributed by atoms with Crippen LogP contribution >= 0.6 is 23.7 Å². The molecule has 8 amide bonds. The Morgan fingerprint density at radius 1 is 0.716 bits per heavy atom. The number of nitrogens with one attached hydrogen (secondary N) is 5. The number of nitrogens with two attached hydrogens (primary N) is 1. The number of hydrogen-bond donors (Lipinski definition) is 14. The second-order valence-electron chi connectivity index (χ2n) is 24.0. The molecule has 0 aliphatic carbocycles. The molecule has 0 saturated carbocycles. The van der Waals surface area contributed by atoms with Gasteiger partial charge in [-0.3, -0.25) is 38.4 Å². The molecule has 33 heteroatoms. The number of fused-ring (bicyclic) bond motifs is 2. The smallest absolute Gasteiger partial charge is 0.261 e. The Morgan fingerprint density at radius 3 is 1.93 bits per heavy atom. The lowest BCUT2D eigenvalue weighted by molar-refractivity contribution is -0.433. The maximum Gasteiger partial charge on any atom is 0.261 e. The molecular weight excluding hydrogens is 1280 g/mol. The molecule has 12 unspecified atom stereocenters. The number of aliphatic hydroxyl groups is 6. The predicted molar refractivity (Wildman–Crippen MR) is 338 cm³/mol. The van der Waals surface area contributed by atoms with Gasteiger partial charge < -0.3 is 91.7 Å². The number of ether oxygens (including phenoxy) is 1. The summed E-state index contributed by atoms with van der Waals surface area (Å²) in [7, 11) is 0. The molecule has 4 aliphatic rings. The fourth-order valence-corrected chi connectivity index (χ4v) is 13.1. The van der Waals surface area contributed by atoms with Crippen LogP contribution in [0.5, 0.6) is 11.5 Å². The highest BCUT2D eigenvalue weighted by Gasteiger charge is 2.50. The molecule has 15 atom stereocenters. The Morgan fingerprint density at radius 2 is 1.31 bits per heavy atom. The molecule has 95 heavy (non-hydrogen) atoms. The summed E-state index contributed by atoms with van der Waals surface area (Å²) in [6, 6.07) is 14.2. The minimum absolute atomic E-state index is 0.00254. The summed E-state index contributed by atoms with van der Waals surface area (Å²) in [6.07, 6.45) is -13.4. The maximum absolute atomic E-state index is 14.7. The van der Waals surface area contributed by atoms with Gasteiger partial charge in [0.25, 0.3) is 18.2 Å². The molecule has 4 fully saturated rings. The molecule has 5 heterocycles. The van der Waals surface area contributed by atoms with Crippen molar-refractivity contribution in [2.24, 2.45) is 11.7 Å². The van der Waals surface area contributed by atoms with Crippen LogP contribution < -0.4 is 41.4 Å². The fraction of sp³-hybridized carbons (Fsp3) is 0.452. The minimum atomic E-state index is -2.22. The van der Waals surface area contributed by atoms with Crippen LogP contribution in [0.4, 0.5) is 5.69 Å². The van der Waals surface area contributed by atoms with E-state index < -0.39 is 177 Å². The van der Waals surface area contributed by atoms with Gasteiger partial charge in [-0.15, -0.1) is 10.2 Å². The molecule has 15 N–H and O–H groups in total. The number of β-amino-alcohol motifs (C(OH)–C–C–N with tert-alkyl or cyclic N) is 1. The van der Waals surface area contributed by atoms with Crippen LogP contribution in [0.25, 0.3) is 32.3 Å². The Balaban J connectivity index is 0.965. The highest BCUT2D eigenvalue weighted by Crippen LogP contribution is 2.35. The average Bonchev–Trinajstić information content (AvgIpc) is 1.70. The Labute approximate surface area is 552 Å². The minimum Gasteiger partial charge on any atom is -0.504 e. The number of phenols is 1. The third-order valence-electron chi connectivity index (χ3n) is 16.7. The van der Waals surface area contributed by atoms with Gasteiger partial charge >= 0.3 is 0 Å². The number of hydrogen-bond acceptors (Lipinski definition) is 25. The van der Waals surface area contributed by atoms with Gasteiger partial charge in [-0.1, -0.05) is 82.2 Å². The lowest BCUT2D eigenvalue weighted by Gasteiger charge is -2.36. The van der Waals surface area contributed by atoms with Gasteiger partial charge in [-0.25, -0.2) is 5.26 Å². The van der Waals surface area contributed by atoms with E-state index in [0.29, 0.717) is 15.6 Å². The van der Waals surface area contributed by atoms with Gasteiger partial charge in [0.05, 0.1) is 55.3 Å². The Bertz CT molecular complexity index is 3560. The number of anilines is 1. The van der Waals surface area contributed by atoms with Gasteiger partial charge in [0, 0.05) is 80.3 Å². The van der Waals surface area contributed by atoms with Gasteiger partial charge in [0.15, 0.2) is 11.5 Å². The second kappa shape index (κ2) is 31.4. The summed E-state index contributed by atoms with van der Waals surface area (Å²) in [6.45, 7) is 6.60. The molecular formula is C62H75N11O20S2. The number of carbonyl (C=O) groups excluding carboxylic acids is 8. The van der Waals surface area contributed by atoms with E-state index in [2.05, 4.69) is 89.2 Å². The van der Waals surface area contributed by atoms with Crippen LogP contribution in [-0.4, -0.2) is 226 Å². The number of carbonyl (C=O) groups is 8. The van der Waals surface area contributed by atoms with Crippen LogP contribution in [0.3, 0.4) is 0 Å². The van der Waals surface area contributed by atoms with E-state index in [1.54, 1.807) is 12.1 Å². The summed E-state index contributed by atoms with van der Waals surface area (Å²) in [4.78, 5) is 118. The summed E-state index contributed by atoms with van der Waals surface area (Å²) < 4.78 is 15.2. The van der Waals surface area contributed by atoms with E-state index in [1.165, 1.54) is 36.5 Å². The molecule has 4 aromatic carbocycles. The monoisotopic (exact) mass is 1360 g/mol. The first-order chi connectivity index (χ1) is 45.3. The SMILES string of the molecule is CC(O)C1NC(=O)[C@@H](NC(=O)c2ccc(-c3nnc(-c4ccc(-c5ccc(N6C[C@@H](C)O[C@@H](C)C6)cc5)cc4)s3)cc2)CC(O)CNC(=O)C2C(O)C(C)CN2C(=O)C(C(O)CC(N)=O)NC(=O)C(C(O)Cc2ccc(O)c(OSOOO)c2)NC(=O)C2CC(O)CN2C1=O. The van der Waals surface area contributed by atoms with Crippen molar-refractivity contribution < 1.29 is 97.7 Å². The number of primary amides is 1. The quantitative estimate of drug-likeness (QED) is 0.0231. The van der Waals surface area contributed by atoms with E-state index in [9.17, 15) is 74.1 Å². The zero-order valence-electron chi connectivity index (χ0n) is 51.8. The summed E-state index contributed by atoms with van der Waals surface area (Å²) >= 11 is 1.36. The highest BCUT2D eigenvalue weighted by molar-refractivity contribution is 7.90. The number of aromatic nitrogens is 2. The third-order valence-corrected chi connectivity index (χ3v) is 18.1. The van der Waals surface area contributed by atoms with E-state index in [4.69, 9.17) is 19.9 Å². The number of benzene rings is 4. The standard InChI is InChI=1S/C62H75N11O20S2/c1-29-25-73-52(53(29)81)58(86)64-24-40(75)21-42(65-54(82)36-8-12-38(13-9-36)60-70-69-59(94-60)37-10-6-34(7-11-37)35-14-16-39(17-15-35)71-26-30(2)90-31(3)27-71)55(83)66-49(32(4)74)61(87)72-28-41(76)22-43(72)56(84)67-50(57(85)68-51(62(73)88)46(79)23-48(63)80)45(78)19-33-5-18-44(77)47(20-33)91-95-93-92-89/h5-18,20,29-32,40-43,45-46,49-53,74-79,81,89H,19,21-28H2,1-4H3,(H2,63,80)(H,64,86)(H,65,82)(H,66,83)(H,67,84)(H,68,85)/t29?,30-,31+,32?,40?,41?,42-,43?,45?,46?,49?,50?,51?,52?,53?/m0/s1. The van der Waals surface area contributed by atoms with E-state index in [0.717, 1.165) is 64.3 Å². The van der Waals surface area contributed by atoms with Crippen LogP contribution in [0, 0.1) is 5.92 Å². The van der Waals surface area contributed by atoms with E-state index >= 15 is 0 Å². The first-order valence-electron chi connectivity index (χ1n) is 30.4. The molecule has 31 nitrogen and oxygen atoms in total. The first kappa shape index (κ1) is 70.9. The van der Waals surface area contributed by atoms with E-state index in [-0.39, 0.29) is 41.4 Å². The van der Waals surface area contributed by atoms with Crippen molar-refractivity contribution >= 4 is 76.6 Å². The fourth-order valence-electron chi connectivity index (χ4n) is 11.9. The molecule has 5 aromatic rings. The molecule has 9 rings (SSSR count). The number of aromatic hydroxyl groups is 1. The second-order valence-corrected chi connectivity index (χ2v) is 25.5. The summed E-state index contributed by atoms with van der Waals surface area (Å²) in [5.41, 5.74) is 10.1. The average molecular weight is 1360 g/mol. The number of rotatable bonds is 17. The molecule has 510 valence electrons. The van der Waals surface area contributed by atoms with Gasteiger partial charge in [0.1, 0.15) is 46.3 Å². The largest absolute Gasteiger partial charge is 0.504 e. The molecule has 0 radical (unpaired) electrons. The number of nitrogens with zero attached hydrogens (tertiary/aromatic N) is 5. The van der Waals surface area contributed by atoms with Crippen molar-refractivity contribution in [3.05, 3.63) is 102 Å². The number of aliphatic hydroxyl groups excluding tert-OH is 6. The van der Waals surface area contributed by atoms with Crippen LogP contribution in [0.15, 0.2) is 91.0 Å². The summed E-state index contributed by atoms with van der Waals surface area (Å²) in [5, 5.41) is 113. The normalized spacial score (nSPS) is 26.8. The number of morpholine rings is 1. The maximum atomic E-state index is 14.7. The lowest BCUT2D eigenvalue weighted by atomic mass is 9.98. The van der Waals surface area contributed by atoms with Crippen LogP contribution in [0.2, 0.25) is 0 Å². The molecule has 0 bridgehead atoms. The zero-order chi connectivity index (χ0) is 68.5. The number of phenolic OH excluding ortho intramolecular Hbond substituents is 1. The van der Waals surface area contributed by atoms with Crippen LogP contribution in [-0.2, 0) is 54.1 Å². The molecule has 0 spiro atoms. The topological polar surface area (TPSA) is 457 Å². The first-order valence-corrected chi connectivity index (χ1v) is 31.9. The van der Waals surface area contributed by atoms with Gasteiger partial charge in [0.2, 0.25) is 41.4 Å². The Hall–Kier alpha value is -8.45. The van der Waals surface area contributed by atoms with Crippen molar-refractivity contribution in [2.45, 2.75) is 138 Å². The van der Waals surface area contributed by atoms with Crippen molar-refractivity contribution in [2.75, 3.05) is 37.6 Å². The van der Waals surface area contributed by atoms with Gasteiger partial charge in [-0.2, -0.15) is 0 Å². The van der Waals surface area contributed by atoms with E-state index in [1.807, 2.05) is 24.3 Å². The lowest BCUT2D eigenvalue weighted by Crippen LogP contribution is -2.64. The van der Waals surface area contributed by atoms with Crippen molar-refractivity contribution in [3.63, 3.8) is 0 Å². The molecule has 1 aromatic heterocycles. The molecule has 4 aliphatic heterocycles. The van der Waals surface area contributed by atoms with Crippen molar-refractivity contribution in [1.29, 1.82) is 0 Å². The summed E-state index contributed by atoms with van der Waals surface area (Å²) in [5.74, 6) is -11.1. The van der Waals surface area contributed by atoms with Crippen molar-refractivity contribution in [1.82, 2.24) is 46.6 Å².